The normalized spacial score (nSPS) is 17.2. The number of hydrogen-bond donors (Lipinski definition) is 0. The summed E-state index contributed by atoms with van der Waals surface area (Å²) in [5.74, 6) is 2.94. The second kappa shape index (κ2) is 3.06. The number of terminal acetylenes is 1. The molecule has 0 unspecified atom stereocenters. The van der Waals surface area contributed by atoms with E-state index in [1.165, 1.54) is 11.3 Å². The average molecular weight is 185 g/mol. The van der Waals surface area contributed by atoms with Crippen molar-refractivity contribution in [3.63, 3.8) is 0 Å². The highest BCUT2D eigenvalue weighted by atomic mass is 15.1. The predicted molar refractivity (Wildman–Crippen MR) is 60.5 cm³/mol. The molecular weight excluding hydrogens is 170 g/mol. The molecule has 0 aromatic heterocycles. The zero-order valence-electron chi connectivity index (χ0n) is 8.75. The molecule has 1 heteroatoms. The molecule has 1 aromatic carbocycles. The first-order valence-electron chi connectivity index (χ1n) is 4.94. The van der Waals surface area contributed by atoms with Gasteiger partial charge >= 0.3 is 0 Å². The van der Waals surface area contributed by atoms with Gasteiger partial charge in [0.25, 0.3) is 0 Å². The molecule has 0 heterocycles. The summed E-state index contributed by atoms with van der Waals surface area (Å²) in [5.41, 5.74) is 2.61. The van der Waals surface area contributed by atoms with Crippen molar-refractivity contribution in [3.8, 4) is 12.3 Å². The van der Waals surface area contributed by atoms with E-state index in [0.29, 0.717) is 0 Å². The first-order valence-corrected chi connectivity index (χ1v) is 4.94. The first-order chi connectivity index (χ1) is 6.69. The number of nitrogens with zero attached hydrogens (tertiary/aromatic N) is 1. The van der Waals surface area contributed by atoms with E-state index in [2.05, 4.69) is 49.2 Å². The fourth-order valence-corrected chi connectivity index (χ4v) is 1.88. The first kappa shape index (κ1) is 9.15. The van der Waals surface area contributed by atoms with Crippen LogP contribution in [-0.4, -0.2) is 14.1 Å². The third kappa shape index (κ3) is 1.28. The molecule has 1 aromatic rings. The third-order valence-corrected chi connectivity index (χ3v) is 2.93. The Labute approximate surface area is 85.7 Å². The Balaban J connectivity index is 2.48. The summed E-state index contributed by atoms with van der Waals surface area (Å²) in [7, 11) is 4.12. The van der Waals surface area contributed by atoms with Crippen LogP contribution in [0, 0.1) is 12.3 Å². The zero-order valence-corrected chi connectivity index (χ0v) is 8.75. The molecule has 0 amide bonds. The van der Waals surface area contributed by atoms with Crippen LogP contribution in [0.4, 0.5) is 5.69 Å². The Kier molecular flexibility index (Phi) is 2.00. The lowest BCUT2D eigenvalue weighted by atomic mass is 9.95. The van der Waals surface area contributed by atoms with Crippen molar-refractivity contribution in [1.29, 1.82) is 0 Å². The molecule has 0 atom stereocenters. The van der Waals surface area contributed by atoms with Crippen molar-refractivity contribution >= 4 is 5.69 Å². The van der Waals surface area contributed by atoms with Crippen LogP contribution in [0.2, 0.25) is 0 Å². The van der Waals surface area contributed by atoms with Crippen LogP contribution in [0.1, 0.15) is 18.4 Å². The molecule has 1 nitrogen and oxygen atoms in total. The fourth-order valence-electron chi connectivity index (χ4n) is 1.88. The Morgan fingerprint density at radius 1 is 1.29 bits per heavy atom. The quantitative estimate of drug-likeness (QED) is 0.640. The second-order valence-electron chi connectivity index (χ2n) is 4.14. The lowest BCUT2D eigenvalue weighted by Gasteiger charge is -2.20. The lowest BCUT2D eigenvalue weighted by Crippen LogP contribution is -2.15. The molecular formula is C13H15N. The average Bonchev–Trinajstić information content (AvgIpc) is 2.98. The van der Waals surface area contributed by atoms with Crippen molar-refractivity contribution in [1.82, 2.24) is 0 Å². The van der Waals surface area contributed by atoms with E-state index in [-0.39, 0.29) is 5.41 Å². The van der Waals surface area contributed by atoms with Gasteiger partial charge in [-0.1, -0.05) is 24.1 Å². The highest BCUT2D eigenvalue weighted by molar-refractivity contribution is 5.60. The summed E-state index contributed by atoms with van der Waals surface area (Å²) < 4.78 is 0. The van der Waals surface area contributed by atoms with Gasteiger partial charge in [0.1, 0.15) is 0 Å². The summed E-state index contributed by atoms with van der Waals surface area (Å²) in [6.07, 6.45) is 7.87. The van der Waals surface area contributed by atoms with Gasteiger partial charge in [-0.15, -0.1) is 6.42 Å². The summed E-state index contributed by atoms with van der Waals surface area (Å²) in [5, 5.41) is 0. The summed E-state index contributed by atoms with van der Waals surface area (Å²) >= 11 is 0. The van der Waals surface area contributed by atoms with E-state index in [1.54, 1.807) is 0 Å². The van der Waals surface area contributed by atoms with E-state index in [0.717, 1.165) is 12.8 Å². The molecule has 0 N–H and O–H groups in total. The molecule has 0 radical (unpaired) electrons. The van der Waals surface area contributed by atoms with Crippen molar-refractivity contribution in [3.05, 3.63) is 29.8 Å². The van der Waals surface area contributed by atoms with Gasteiger partial charge in [0, 0.05) is 19.8 Å². The Hall–Kier alpha value is -1.42. The van der Waals surface area contributed by atoms with Crippen molar-refractivity contribution in [2.45, 2.75) is 18.3 Å². The highest BCUT2D eigenvalue weighted by Crippen LogP contribution is 2.50. The van der Waals surface area contributed by atoms with Gasteiger partial charge in [-0.2, -0.15) is 0 Å². The van der Waals surface area contributed by atoms with Crippen LogP contribution >= 0.6 is 0 Å². The minimum atomic E-state index is 0.0425. The summed E-state index contributed by atoms with van der Waals surface area (Å²) in [6.45, 7) is 0. The molecule has 1 saturated carbocycles. The predicted octanol–water partition coefficient (Wildman–Crippen LogP) is 2.42. The van der Waals surface area contributed by atoms with Crippen LogP contribution in [0.3, 0.4) is 0 Å². The molecule has 1 aliphatic rings. The molecule has 72 valence electrons. The minimum Gasteiger partial charge on any atom is -0.377 e. The SMILES string of the molecule is C#CC1(c2ccccc2N(C)C)CC1. The fraction of sp³-hybridized carbons (Fsp3) is 0.385. The van der Waals surface area contributed by atoms with Crippen LogP contribution < -0.4 is 4.90 Å². The Bertz CT molecular complexity index is 380. The van der Waals surface area contributed by atoms with Gasteiger partial charge in [0.15, 0.2) is 0 Å². The monoisotopic (exact) mass is 185 g/mol. The van der Waals surface area contributed by atoms with Crippen LogP contribution in [0.15, 0.2) is 24.3 Å². The van der Waals surface area contributed by atoms with E-state index in [9.17, 15) is 0 Å². The number of benzene rings is 1. The van der Waals surface area contributed by atoms with Crippen molar-refractivity contribution < 1.29 is 0 Å². The number of anilines is 1. The molecule has 0 aliphatic heterocycles. The van der Waals surface area contributed by atoms with Crippen LogP contribution in [0.25, 0.3) is 0 Å². The minimum absolute atomic E-state index is 0.0425. The van der Waals surface area contributed by atoms with E-state index < -0.39 is 0 Å². The summed E-state index contributed by atoms with van der Waals surface area (Å²) in [4.78, 5) is 2.13. The van der Waals surface area contributed by atoms with Crippen molar-refractivity contribution in [2.75, 3.05) is 19.0 Å². The van der Waals surface area contributed by atoms with Crippen LogP contribution in [-0.2, 0) is 5.41 Å². The van der Waals surface area contributed by atoms with Gasteiger partial charge in [-0.05, 0) is 24.5 Å². The standard InChI is InChI=1S/C13H15N/c1-4-13(9-10-13)11-7-5-6-8-12(11)14(2)3/h1,5-8H,9-10H2,2-3H3. The Morgan fingerprint density at radius 2 is 1.93 bits per heavy atom. The smallest absolute Gasteiger partial charge is 0.0581 e. The highest BCUT2D eigenvalue weighted by Gasteiger charge is 2.44. The van der Waals surface area contributed by atoms with E-state index in [4.69, 9.17) is 6.42 Å². The molecule has 0 spiro atoms. The number of para-hydroxylation sites is 1. The topological polar surface area (TPSA) is 3.24 Å². The molecule has 2 rings (SSSR count). The third-order valence-electron chi connectivity index (χ3n) is 2.93. The Morgan fingerprint density at radius 3 is 2.43 bits per heavy atom. The van der Waals surface area contributed by atoms with Gasteiger partial charge in [0.05, 0.1) is 5.41 Å². The molecule has 1 aliphatic carbocycles. The van der Waals surface area contributed by atoms with E-state index in [1.807, 2.05) is 0 Å². The molecule has 0 saturated heterocycles. The molecule has 14 heavy (non-hydrogen) atoms. The zero-order chi connectivity index (χ0) is 10.2. The van der Waals surface area contributed by atoms with Gasteiger partial charge in [-0.3, -0.25) is 0 Å². The summed E-state index contributed by atoms with van der Waals surface area (Å²) in [6, 6.07) is 8.42. The van der Waals surface area contributed by atoms with Crippen molar-refractivity contribution in [2.24, 2.45) is 0 Å². The maximum absolute atomic E-state index is 5.60. The lowest BCUT2D eigenvalue weighted by molar-refractivity contribution is 0.915. The molecule has 1 fully saturated rings. The van der Waals surface area contributed by atoms with Gasteiger partial charge in [0.2, 0.25) is 0 Å². The maximum Gasteiger partial charge on any atom is 0.0581 e. The van der Waals surface area contributed by atoms with Gasteiger partial charge < -0.3 is 4.90 Å². The second-order valence-corrected chi connectivity index (χ2v) is 4.14. The maximum atomic E-state index is 5.60. The number of rotatable bonds is 2. The number of hydrogen-bond acceptors (Lipinski definition) is 1. The molecule has 0 bridgehead atoms. The largest absolute Gasteiger partial charge is 0.377 e. The van der Waals surface area contributed by atoms with Crippen LogP contribution in [0.5, 0.6) is 0 Å². The van der Waals surface area contributed by atoms with Gasteiger partial charge in [-0.25, -0.2) is 0 Å². The van der Waals surface area contributed by atoms with E-state index >= 15 is 0 Å².